The molecule has 1 N–H and O–H groups in total. The minimum atomic E-state index is -1.91. The maximum atomic E-state index is 16.5. The molecule has 9 heteroatoms. The van der Waals surface area contributed by atoms with Gasteiger partial charge in [0.2, 0.25) is 0 Å². The van der Waals surface area contributed by atoms with Crippen molar-refractivity contribution in [2.24, 2.45) is 17.3 Å². The molecule has 0 aliphatic carbocycles. The number of ether oxygens (including phenoxy) is 3. The van der Waals surface area contributed by atoms with Gasteiger partial charge in [-0.1, -0.05) is 174 Å². The number of unbranched alkanes of at least 4 members (excludes halogenated alkanes) is 5. The molecule has 1 aromatic carbocycles. The van der Waals surface area contributed by atoms with Crippen molar-refractivity contribution in [2.45, 2.75) is 324 Å². The Hall–Kier alpha value is -2.65. The molecule has 428 valence electrons. The van der Waals surface area contributed by atoms with Gasteiger partial charge < -0.3 is 19.3 Å². The fourth-order valence-electron chi connectivity index (χ4n) is 14.9. The van der Waals surface area contributed by atoms with Crippen LogP contribution in [0.5, 0.6) is 5.75 Å². The van der Waals surface area contributed by atoms with Gasteiger partial charge in [-0.25, -0.2) is 0 Å². The Labute approximate surface area is 455 Å². The largest absolute Gasteiger partial charge is 0.507 e. The first-order valence-corrected chi connectivity index (χ1v) is 30.7. The van der Waals surface area contributed by atoms with Crippen LogP contribution in [0.25, 0.3) is 0 Å². The SMILES string of the molecule is CCCCCCCCOC(=O)CCC(Cc1cc(C(C)(C)C)c(O)c(C(C)(C)C)c1)(C(=O)OC1CC(C)(CCC)N(CCC)C(C)(CCC)C1CC)C(=O)OC1CC(C)(CCC)N(CCC)C(C)(CCC)C1CC. The summed E-state index contributed by atoms with van der Waals surface area (Å²) in [4.78, 5) is 52.6. The van der Waals surface area contributed by atoms with Crippen molar-refractivity contribution in [3.8, 4) is 5.75 Å². The van der Waals surface area contributed by atoms with Crippen LogP contribution < -0.4 is 0 Å². The molecule has 2 aliphatic rings. The molecule has 2 aliphatic heterocycles. The summed E-state index contributed by atoms with van der Waals surface area (Å²) in [6.45, 7) is 44.4. The normalized spacial score (nSPS) is 27.9. The lowest BCUT2D eigenvalue weighted by atomic mass is 9.65. The predicted octanol–water partition coefficient (Wildman–Crippen LogP) is 16.5. The third-order valence-corrected chi connectivity index (χ3v) is 18.3. The number of likely N-dealkylation sites (tertiary alicyclic amines) is 2. The molecule has 2 fully saturated rings. The standard InChI is InChI=1S/C65H116N2O7/c1-20-29-30-31-32-33-42-72-55(68)34-39-65(45-48-43-51(59(10,11)12)56(69)52(44-48)60(13,14)15,57(70)73-53-46-61(16,35-21-2)66(40-25-6)63(18,37-23-4)49(53)27-8)58(71)74-54-47-62(17,36-22-3)67(41-26-7)64(19,38-24-5)50(54)28-9/h43-44,49-50,53-54,69H,20-42,45-47H2,1-19H3. The summed E-state index contributed by atoms with van der Waals surface area (Å²) in [5, 5.41) is 12.0. The van der Waals surface area contributed by atoms with Crippen LogP contribution in [0.4, 0.5) is 0 Å². The lowest BCUT2D eigenvalue weighted by Crippen LogP contribution is -2.69. The van der Waals surface area contributed by atoms with Crippen molar-refractivity contribution >= 4 is 17.9 Å². The summed E-state index contributed by atoms with van der Waals surface area (Å²) < 4.78 is 20.4. The van der Waals surface area contributed by atoms with Gasteiger partial charge in [-0.05, 0) is 139 Å². The molecular weight excluding hydrogens is 921 g/mol. The van der Waals surface area contributed by atoms with Gasteiger partial charge in [0.05, 0.1) is 6.61 Å². The Morgan fingerprint density at radius 1 is 0.581 bits per heavy atom. The smallest absolute Gasteiger partial charge is 0.324 e. The second-order valence-corrected chi connectivity index (χ2v) is 26.6. The number of phenolic OH excluding ortho intramolecular Hbond substituents is 1. The van der Waals surface area contributed by atoms with Crippen molar-refractivity contribution in [3.05, 3.63) is 28.8 Å². The molecule has 3 rings (SSSR count). The summed E-state index contributed by atoms with van der Waals surface area (Å²) in [5.41, 5.74) is -1.63. The molecule has 9 nitrogen and oxygen atoms in total. The number of piperidine rings is 2. The number of hydrogen-bond donors (Lipinski definition) is 1. The van der Waals surface area contributed by atoms with Crippen molar-refractivity contribution in [2.75, 3.05) is 19.7 Å². The lowest BCUT2D eigenvalue weighted by molar-refractivity contribution is -0.204. The third-order valence-electron chi connectivity index (χ3n) is 18.3. The molecule has 0 aromatic heterocycles. The minimum Gasteiger partial charge on any atom is -0.507 e. The summed E-state index contributed by atoms with van der Waals surface area (Å²) in [6, 6.07) is 3.97. The van der Waals surface area contributed by atoms with Crippen LogP contribution in [0, 0.1) is 17.3 Å². The van der Waals surface area contributed by atoms with Gasteiger partial charge >= 0.3 is 17.9 Å². The predicted molar refractivity (Wildman–Crippen MR) is 309 cm³/mol. The molecule has 74 heavy (non-hydrogen) atoms. The Kier molecular flexibility index (Phi) is 25.1. The van der Waals surface area contributed by atoms with Crippen molar-refractivity contribution in [1.82, 2.24) is 9.80 Å². The molecule has 8 unspecified atom stereocenters. The van der Waals surface area contributed by atoms with Crippen LogP contribution in [-0.4, -0.2) is 86.9 Å². The Balaban J connectivity index is 2.45. The number of carbonyl (C=O) groups excluding carboxylic acids is 3. The van der Waals surface area contributed by atoms with Crippen LogP contribution >= 0.6 is 0 Å². The first kappa shape index (κ1) is 65.6. The van der Waals surface area contributed by atoms with E-state index >= 15 is 9.59 Å². The quantitative estimate of drug-likeness (QED) is 0.0349. The second-order valence-electron chi connectivity index (χ2n) is 26.6. The Morgan fingerprint density at radius 3 is 1.35 bits per heavy atom. The van der Waals surface area contributed by atoms with E-state index in [9.17, 15) is 9.90 Å². The summed E-state index contributed by atoms with van der Waals surface area (Å²) in [6.07, 6.45) is 17.9. The van der Waals surface area contributed by atoms with Crippen molar-refractivity contribution in [3.63, 3.8) is 0 Å². The zero-order valence-corrected chi connectivity index (χ0v) is 51.6. The van der Waals surface area contributed by atoms with Gasteiger partial charge in [-0.15, -0.1) is 0 Å². The Bertz CT molecular complexity index is 1790. The first-order chi connectivity index (χ1) is 34.7. The van der Waals surface area contributed by atoms with Crippen LogP contribution in [0.15, 0.2) is 12.1 Å². The van der Waals surface area contributed by atoms with E-state index in [2.05, 4.69) is 141 Å². The molecule has 0 saturated carbocycles. The molecule has 2 saturated heterocycles. The molecule has 8 atom stereocenters. The first-order valence-electron chi connectivity index (χ1n) is 30.7. The molecule has 0 spiro atoms. The minimum absolute atomic E-state index is 0.00409. The number of esters is 3. The maximum Gasteiger partial charge on any atom is 0.324 e. The van der Waals surface area contributed by atoms with E-state index in [0.29, 0.717) is 19.4 Å². The van der Waals surface area contributed by atoms with Gasteiger partial charge in [-0.2, -0.15) is 0 Å². The highest BCUT2D eigenvalue weighted by Crippen LogP contribution is 2.52. The fourth-order valence-corrected chi connectivity index (χ4v) is 14.9. The molecule has 0 radical (unpaired) electrons. The van der Waals surface area contributed by atoms with E-state index in [-0.39, 0.29) is 59.0 Å². The number of rotatable bonds is 30. The van der Waals surface area contributed by atoms with Gasteiger partial charge in [0, 0.05) is 53.3 Å². The zero-order chi connectivity index (χ0) is 55.9. The van der Waals surface area contributed by atoms with E-state index in [0.717, 1.165) is 126 Å². The van der Waals surface area contributed by atoms with Gasteiger partial charge in [0.25, 0.3) is 0 Å². The second kappa shape index (κ2) is 28.3. The number of carbonyl (C=O) groups is 3. The van der Waals surface area contributed by atoms with E-state index in [1.807, 2.05) is 12.1 Å². The monoisotopic (exact) mass is 1040 g/mol. The third kappa shape index (κ3) is 15.3. The summed E-state index contributed by atoms with van der Waals surface area (Å²) in [5.74, 6) is -1.40. The molecule has 2 heterocycles. The van der Waals surface area contributed by atoms with E-state index in [1.54, 1.807) is 0 Å². The van der Waals surface area contributed by atoms with Gasteiger partial charge in [-0.3, -0.25) is 24.2 Å². The van der Waals surface area contributed by atoms with Gasteiger partial charge in [0.1, 0.15) is 18.0 Å². The molecular formula is C65H116N2O7. The van der Waals surface area contributed by atoms with Crippen LogP contribution in [0.3, 0.4) is 0 Å². The molecule has 0 amide bonds. The highest BCUT2D eigenvalue weighted by atomic mass is 16.6. The number of aromatic hydroxyl groups is 1. The zero-order valence-electron chi connectivity index (χ0n) is 51.6. The summed E-state index contributed by atoms with van der Waals surface area (Å²) in [7, 11) is 0. The van der Waals surface area contributed by atoms with Crippen molar-refractivity contribution in [1.29, 1.82) is 0 Å². The van der Waals surface area contributed by atoms with E-state index in [4.69, 9.17) is 14.2 Å². The Morgan fingerprint density at radius 2 is 0.986 bits per heavy atom. The van der Waals surface area contributed by atoms with E-state index in [1.165, 1.54) is 19.3 Å². The fraction of sp³-hybridized carbons (Fsp3) is 0.862. The average molecular weight is 1040 g/mol. The number of hydrogen-bond acceptors (Lipinski definition) is 9. The molecule has 1 aromatic rings. The average Bonchev–Trinajstić information content (AvgIpc) is 3.30. The highest BCUT2D eigenvalue weighted by Gasteiger charge is 2.60. The topological polar surface area (TPSA) is 106 Å². The van der Waals surface area contributed by atoms with Crippen LogP contribution in [0.2, 0.25) is 0 Å². The van der Waals surface area contributed by atoms with Gasteiger partial charge in [0.15, 0.2) is 5.41 Å². The van der Waals surface area contributed by atoms with E-state index < -0.39 is 46.4 Å². The maximum absolute atomic E-state index is 16.5. The highest BCUT2D eigenvalue weighted by molar-refractivity contribution is 6.01. The van der Waals surface area contributed by atoms with Crippen molar-refractivity contribution < 1.29 is 33.7 Å². The number of benzene rings is 1. The summed E-state index contributed by atoms with van der Waals surface area (Å²) >= 11 is 0. The van der Waals surface area contributed by atoms with Crippen LogP contribution in [-0.2, 0) is 45.8 Å². The number of nitrogens with zero attached hydrogens (tertiary/aromatic N) is 2. The lowest BCUT2D eigenvalue weighted by Gasteiger charge is -2.62. The number of phenols is 1. The molecule has 0 bridgehead atoms. The van der Waals surface area contributed by atoms with Crippen LogP contribution in [0.1, 0.15) is 289 Å².